The molecule has 0 aromatic rings. The molecular formula is C33H54O5. The van der Waals surface area contributed by atoms with Gasteiger partial charge in [0.15, 0.2) is 0 Å². The van der Waals surface area contributed by atoms with Crippen molar-refractivity contribution >= 4 is 11.9 Å². The maximum absolute atomic E-state index is 12.4. The molecule has 0 heterocycles. The second-order valence-electron chi connectivity index (χ2n) is 14.1. The fraction of sp³-hybridized carbons (Fsp3) is 0.879. The quantitative estimate of drug-likeness (QED) is 0.225. The second-order valence-corrected chi connectivity index (χ2v) is 14.1. The molecule has 0 aliphatic heterocycles. The van der Waals surface area contributed by atoms with Gasteiger partial charge in [0.25, 0.3) is 0 Å². The number of carbonyl (C=O) groups excluding carboxylic acids is 2. The summed E-state index contributed by atoms with van der Waals surface area (Å²) in [6.07, 6.45) is 16.3. The number of carbonyl (C=O) groups is 2. The average Bonchev–Trinajstić information content (AvgIpc) is 3.23. The number of aliphatic hydroxyl groups is 1. The van der Waals surface area contributed by atoms with Crippen molar-refractivity contribution in [1.29, 1.82) is 0 Å². The average molecular weight is 531 g/mol. The van der Waals surface area contributed by atoms with Crippen molar-refractivity contribution in [3.05, 3.63) is 11.6 Å². The lowest BCUT2D eigenvalue weighted by Gasteiger charge is -2.58. The Balaban J connectivity index is 1.34. The summed E-state index contributed by atoms with van der Waals surface area (Å²) in [6, 6.07) is 0. The molecule has 4 rings (SSSR count). The van der Waals surface area contributed by atoms with Gasteiger partial charge in [0.2, 0.25) is 0 Å². The van der Waals surface area contributed by atoms with E-state index in [1.54, 1.807) is 0 Å². The molecule has 0 radical (unpaired) electrons. The van der Waals surface area contributed by atoms with E-state index in [1.807, 2.05) is 0 Å². The Morgan fingerprint density at radius 1 is 1.00 bits per heavy atom. The van der Waals surface area contributed by atoms with Crippen molar-refractivity contribution in [2.75, 3.05) is 13.2 Å². The number of esters is 2. The van der Waals surface area contributed by atoms with Crippen molar-refractivity contribution in [1.82, 2.24) is 0 Å². The SMILES string of the molecule is CC(C)CCC[C@@H](C)C1CCC2[C@@H]3CC=C4C[C@@H](OC(=O)CCC(=O)OCCO)CC[C@]4(C)C3CC[C@@]21C. The van der Waals surface area contributed by atoms with Gasteiger partial charge in [-0.25, -0.2) is 0 Å². The highest BCUT2D eigenvalue weighted by atomic mass is 16.5. The smallest absolute Gasteiger partial charge is 0.306 e. The van der Waals surface area contributed by atoms with Crippen LogP contribution in [0.15, 0.2) is 11.6 Å². The van der Waals surface area contributed by atoms with Gasteiger partial charge in [0.1, 0.15) is 12.7 Å². The highest BCUT2D eigenvalue weighted by molar-refractivity contribution is 5.77. The first-order chi connectivity index (χ1) is 18.1. The molecule has 4 aliphatic rings. The van der Waals surface area contributed by atoms with Crippen LogP contribution in [-0.2, 0) is 19.1 Å². The molecule has 38 heavy (non-hydrogen) atoms. The molecule has 1 N–H and O–H groups in total. The number of hydrogen-bond acceptors (Lipinski definition) is 5. The molecule has 0 bridgehead atoms. The van der Waals surface area contributed by atoms with Crippen LogP contribution in [0.5, 0.6) is 0 Å². The van der Waals surface area contributed by atoms with Crippen LogP contribution >= 0.6 is 0 Å². The Morgan fingerprint density at radius 3 is 2.50 bits per heavy atom. The van der Waals surface area contributed by atoms with Gasteiger partial charge in [-0.2, -0.15) is 0 Å². The highest BCUT2D eigenvalue weighted by Crippen LogP contribution is 2.67. The Bertz CT molecular complexity index is 863. The molecule has 8 atom stereocenters. The molecule has 216 valence electrons. The zero-order chi connectivity index (χ0) is 27.5. The van der Waals surface area contributed by atoms with E-state index >= 15 is 0 Å². The summed E-state index contributed by atoms with van der Waals surface area (Å²) < 4.78 is 10.7. The number of ether oxygens (including phenoxy) is 2. The first kappa shape index (κ1) is 29.6. The lowest BCUT2D eigenvalue weighted by Crippen LogP contribution is -2.51. The summed E-state index contributed by atoms with van der Waals surface area (Å²) in [6.45, 7) is 12.2. The van der Waals surface area contributed by atoms with Crippen molar-refractivity contribution in [2.24, 2.45) is 46.3 Å². The van der Waals surface area contributed by atoms with Crippen LogP contribution in [0.3, 0.4) is 0 Å². The van der Waals surface area contributed by atoms with Crippen LogP contribution in [0.1, 0.15) is 118 Å². The molecule has 5 nitrogen and oxygen atoms in total. The first-order valence-corrected chi connectivity index (χ1v) is 15.7. The standard InChI is InChI=1S/C33H54O5/c1-22(2)7-6-8-23(3)27-11-12-28-26-10-9-24-21-25(38-31(36)14-13-30(35)37-20-19-34)15-17-32(24,4)29(26)16-18-33(27,28)5/h9,22-23,25-29,34H,6-8,10-21H2,1-5H3/t23-,25+,26+,27?,28?,29?,32+,33-/m1/s1. The van der Waals surface area contributed by atoms with E-state index in [-0.39, 0.29) is 43.5 Å². The maximum Gasteiger partial charge on any atom is 0.306 e. The zero-order valence-electron chi connectivity index (χ0n) is 24.8. The van der Waals surface area contributed by atoms with E-state index < -0.39 is 5.97 Å². The van der Waals surface area contributed by atoms with E-state index in [0.717, 1.165) is 54.8 Å². The molecule has 5 heteroatoms. The van der Waals surface area contributed by atoms with Gasteiger partial charge in [-0.05, 0) is 91.3 Å². The van der Waals surface area contributed by atoms with Crippen LogP contribution in [0.4, 0.5) is 0 Å². The van der Waals surface area contributed by atoms with Crippen molar-refractivity contribution < 1.29 is 24.2 Å². The van der Waals surface area contributed by atoms with Crippen molar-refractivity contribution in [3.63, 3.8) is 0 Å². The van der Waals surface area contributed by atoms with E-state index in [0.29, 0.717) is 5.41 Å². The fourth-order valence-electron chi connectivity index (χ4n) is 9.43. The van der Waals surface area contributed by atoms with Crippen molar-refractivity contribution in [3.8, 4) is 0 Å². The maximum atomic E-state index is 12.4. The number of hydrogen-bond donors (Lipinski definition) is 1. The lowest BCUT2D eigenvalue weighted by molar-refractivity contribution is -0.155. The van der Waals surface area contributed by atoms with E-state index in [9.17, 15) is 9.59 Å². The minimum absolute atomic E-state index is 0.00716. The molecule has 0 amide bonds. The van der Waals surface area contributed by atoms with Gasteiger partial charge < -0.3 is 14.6 Å². The third-order valence-electron chi connectivity index (χ3n) is 11.4. The molecular weight excluding hydrogens is 476 g/mol. The predicted molar refractivity (Wildman–Crippen MR) is 150 cm³/mol. The minimum Gasteiger partial charge on any atom is -0.463 e. The number of fused-ring (bicyclic) bond motifs is 5. The Kier molecular flexibility index (Phi) is 9.69. The summed E-state index contributed by atoms with van der Waals surface area (Å²) in [5.41, 5.74) is 2.26. The highest BCUT2D eigenvalue weighted by Gasteiger charge is 2.59. The first-order valence-electron chi connectivity index (χ1n) is 15.7. The van der Waals surface area contributed by atoms with E-state index in [4.69, 9.17) is 14.6 Å². The molecule has 0 saturated heterocycles. The molecule has 4 aliphatic carbocycles. The third-order valence-corrected chi connectivity index (χ3v) is 11.4. The Hall–Kier alpha value is -1.36. The monoisotopic (exact) mass is 530 g/mol. The zero-order valence-corrected chi connectivity index (χ0v) is 24.8. The molecule has 3 fully saturated rings. The van der Waals surface area contributed by atoms with Gasteiger partial charge in [0.05, 0.1) is 19.4 Å². The van der Waals surface area contributed by atoms with Gasteiger partial charge in [0, 0.05) is 6.42 Å². The van der Waals surface area contributed by atoms with E-state index in [2.05, 4.69) is 40.7 Å². The molecule has 3 saturated carbocycles. The summed E-state index contributed by atoms with van der Waals surface area (Å²) in [4.78, 5) is 24.0. The minimum atomic E-state index is -0.461. The Labute approximate surface area is 231 Å². The molecule has 0 aromatic heterocycles. The van der Waals surface area contributed by atoms with Crippen LogP contribution in [-0.4, -0.2) is 36.4 Å². The van der Waals surface area contributed by atoms with Crippen LogP contribution in [0.2, 0.25) is 0 Å². The number of allylic oxidation sites excluding steroid dienone is 1. The van der Waals surface area contributed by atoms with Crippen molar-refractivity contribution in [2.45, 2.75) is 124 Å². The van der Waals surface area contributed by atoms with Gasteiger partial charge in [-0.1, -0.05) is 65.5 Å². The van der Waals surface area contributed by atoms with Crippen LogP contribution in [0, 0.1) is 46.3 Å². The fourth-order valence-corrected chi connectivity index (χ4v) is 9.43. The van der Waals surface area contributed by atoms with Gasteiger partial charge in [-0.15, -0.1) is 0 Å². The Morgan fingerprint density at radius 2 is 1.76 bits per heavy atom. The topological polar surface area (TPSA) is 72.8 Å². The summed E-state index contributed by atoms with van der Waals surface area (Å²) in [5.74, 6) is 4.18. The molecule has 0 aromatic carbocycles. The third kappa shape index (κ3) is 6.18. The summed E-state index contributed by atoms with van der Waals surface area (Å²) in [7, 11) is 0. The number of rotatable bonds is 11. The van der Waals surface area contributed by atoms with Gasteiger partial charge in [-0.3, -0.25) is 9.59 Å². The largest absolute Gasteiger partial charge is 0.463 e. The molecule has 0 spiro atoms. The van der Waals surface area contributed by atoms with Gasteiger partial charge >= 0.3 is 11.9 Å². The lowest BCUT2D eigenvalue weighted by atomic mass is 9.47. The predicted octanol–water partition coefficient (Wildman–Crippen LogP) is 7.26. The second kappa shape index (κ2) is 12.4. The normalized spacial score (nSPS) is 37.0. The molecule has 3 unspecified atom stereocenters. The number of aliphatic hydroxyl groups excluding tert-OH is 1. The van der Waals surface area contributed by atoms with E-state index in [1.165, 1.54) is 56.9 Å². The summed E-state index contributed by atoms with van der Waals surface area (Å²) in [5, 5.41) is 8.76. The van der Waals surface area contributed by atoms with Crippen LogP contribution < -0.4 is 0 Å². The van der Waals surface area contributed by atoms with Crippen LogP contribution in [0.25, 0.3) is 0 Å². The summed E-state index contributed by atoms with van der Waals surface area (Å²) >= 11 is 0.